The predicted molar refractivity (Wildman–Crippen MR) is 213 cm³/mol. The highest BCUT2D eigenvalue weighted by molar-refractivity contribution is 5.91. The molecule has 17 heteroatoms. The number of aromatic amines is 1. The number of piperidine rings is 2. The van der Waals surface area contributed by atoms with E-state index in [-0.39, 0.29) is 37.0 Å². The number of aryl methyl sites for hydroxylation is 1. The van der Waals surface area contributed by atoms with Crippen LogP contribution in [0, 0.1) is 6.92 Å². The van der Waals surface area contributed by atoms with Gasteiger partial charge in [-0.25, -0.2) is 19.2 Å². The van der Waals surface area contributed by atoms with Gasteiger partial charge in [0.05, 0.1) is 5.52 Å². The molecule has 0 aliphatic carbocycles. The van der Waals surface area contributed by atoms with Crippen molar-refractivity contribution in [2.75, 3.05) is 57.8 Å². The lowest BCUT2D eigenvalue weighted by Crippen LogP contribution is -2.53. The Kier molecular flexibility index (Phi) is 13.2. The molecule has 0 radical (unpaired) electrons. The first-order valence-corrected chi connectivity index (χ1v) is 20.7. The minimum atomic E-state index is -1.16. The van der Waals surface area contributed by atoms with Crippen molar-refractivity contribution in [3.8, 4) is 0 Å². The van der Waals surface area contributed by atoms with Crippen LogP contribution < -0.4 is 11.1 Å². The number of ether oxygens (including phenoxy) is 4. The second-order valence-electron chi connectivity index (χ2n) is 15.7. The van der Waals surface area contributed by atoms with E-state index >= 15 is 0 Å². The van der Waals surface area contributed by atoms with Gasteiger partial charge in [0.1, 0.15) is 12.6 Å². The summed E-state index contributed by atoms with van der Waals surface area (Å²) in [5.74, 6) is -1.99. The Hall–Kier alpha value is -5.42. The molecule has 2 N–H and O–H groups in total. The van der Waals surface area contributed by atoms with Crippen LogP contribution in [0.15, 0.2) is 45.6 Å². The minimum Gasteiger partial charge on any atom is -0.436 e. The van der Waals surface area contributed by atoms with E-state index in [4.69, 9.17) is 23.4 Å². The van der Waals surface area contributed by atoms with E-state index in [1.165, 1.54) is 6.92 Å². The summed E-state index contributed by atoms with van der Waals surface area (Å²) < 4.78 is 27.1. The minimum absolute atomic E-state index is 0.0132. The van der Waals surface area contributed by atoms with Crippen molar-refractivity contribution in [1.82, 2.24) is 24.6 Å². The zero-order valence-electron chi connectivity index (χ0n) is 33.9. The quantitative estimate of drug-likeness (QED) is 0.198. The van der Waals surface area contributed by atoms with Gasteiger partial charge in [-0.3, -0.25) is 19.5 Å². The van der Waals surface area contributed by atoms with Gasteiger partial charge in [0.15, 0.2) is 11.7 Å². The number of benzene rings is 2. The molecule has 1 unspecified atom stereocenters. The van der Waals surface area contributed by atoms with E-state index in [0.29, 0.717) is 94.6 Å². The lowest BCUT2D eigenvalue weighted by Gasteiger charge is -2.40. The number of esters is 2. The van der Waals surface area contributed by atoms with Crippen LogP contribution in [0.4, 0.5) is 15.3 Å². The molecule has 17 nitrogen and oxygen atoms in total. The Bertz CT molecular complexity index is 2070. The Morgan fingerprint density at radius 3 is 2.37 bits per heavy atom. The molecule has 318 valence electrons. The average molecular weight is 819 g/mol. The number of amides is 4. The molecule has 1 aromatic heterocycles. The molecular weight excluding hydrogens is 764 g/mol. The van der Waals surface area contributed by atoms with Crippen molar-refractivity contribution in [2.24, 2.45) is 0 Å². The molecule has 3 aromatic rings. The highest BCUT2D eigenvalue weighted by Gasteiger charge is 2.41. The van der Waals surface area contributed by atoms with Crippen LogP contribution in [-0.2, 0) is 46.2 Å². The Labute approximate surface area is 342 Å². The summed E-state index contributed by atoms with van der Waals surface area (Å²) in [7, 11) is 0. The van der Waals surface area contributed by atoms with E-state index in [1.54, 1.807) is 22.8 Å². The van der Waals surface area contributed by atoms with Gasteiger partial charge in [-0.05, 0) is 94.2 Å². The number of oxazole rings is 1. The fourth-order valence-corrected chi connectivity index (χ4v) is 8.87. The second kappa shape index (κ2) is 18.7. The van der Waals surface area contributed by atoms with Crippen LogP contribution in [0.5, 0.6) is 0 Å². The number of carbonyl (C=O) groups is 5. The summed E-state index contributed by atoms with van der Waals surface area (Å²) in [4.78, 5) is 88.4. The van der Waals surface area contributed by atoms with Gasteiger partial charge >= 0.3 is 29.8 Å². The summed E-state index contributed by atoms with van der Waals surface area (Å²) in [5.41, 5.74) is 4.24. The number of nitrogens with one attached hydrogen (secondary N) is 2. The smallest absolute Gasteiger partial charge is 0.417 e. The molecule has 59 heavy (non-hydrogen) atoms. The van der Waals surface area contributed by atoms with Gasteiger partial charge in [-0.2, -0.15) is 0 Å². The third-order valence-corrected chi connectivity index (χ3v) is 11.8. The number of aromatic nitrogens is 1. The van der Waals surface area contributed by atoms with E-state index in [2.05, 4.69) is 15.2 Å². The van der Waals surface area contributed by atoms with Crippen molar-refractivity contribution in [2.45, 2.75) is 103 Å². The van der Waals surface area contributed by atoms with Crippen LogP contribution in [-0.4, -0.2) is 138 Å². The van der Waals surface area contributed by atoms with E-state index in [1.807, 2.05) is 42.2 Å². The maximum absolute atomic E-state index is 14.3. The monoisotopic (exact) mass is 818 g/mol. The molecule has 4 aliphatic rings. The lowest BCUT2D eigenvalue weighted by molar-refractivity contribution is -0.190. The molecule has 3 saturated heterocycles. The number of likely N-dealkylation sites (tertiary alicyclic amines) is 3. The van der Waals surface area contributed by atoms with Crippen molar-refractivity contribution in [3.63, 3.8) is 0 Å². The summed E-state index contributed by atoms with van der Waals surface area (Å²) >= 11 is 0. The molecule has 0 spiro atoms. The number of rotatable bonds is 12. The van der Waals surface area contributed by atoms with Crippen LogP contribution in [0.3, 0.4) is 0 Å². The average Bonchev–Trinajstić information content (AvgIpc) is 3.83. The van der Waals surface area contributed by atoms with Gasteiger partial charge in [0, 0.05) is 70.4 Å². The van der Waals surface area contributed by atoms with Gasteiger partial charge in [0.25, 0.3) is 5.91 Å². The molecule has 3 atom stereocenters. The lowest BCUT2D eigenvalue weighted by atomic mass is 9.99. The standard InChI is InChI=1S/C42H54N6O11/c1-4-55-25-36(49)56-27(3)57-39(51)33-10-7-16-47(33)30-12-17-45(18-13-30)38(50)35(24-28-22-26(2)37-34(23-28)58-41(53)44-37)59-42(54)46-19-14-31(15-20-46)48-21-11-29-8-5-6-9-32(29)43-40(48)52/h5-6,8-9,22-23,27,30-31,33,35H,4,7,10-21,24-25H2,1-3H3,(H,43,52)(H,44,53)/t27?,33-,35+/m0/s1. The zero-order chi connectivity index (χ0) is 41.6. The summed E-state index contributed by atoms with van der Waals surface area (Å²) in [5, 5.41) is 3.03. The van der Waals surface area contributed by atoms with Crippen LogP contribution in [0.25, 0.3) is 11.1 Å². The number of hydrogen-bond donors (Lipinski definition) is 2. The van der Waals surface area contributed by atoms with Gasteiger partial charge < -0.3 is 43.4 Å². The maximum Gasteiger partial charge on any atom is 0.417 e. The Morgan fingerprint density at radius 2 is 1.61 bits per heavy atom. The number of hydrogen-bond acceptors (Lipinski definition) is 12. The number of fused-ring (bicyclic) bond motifs is 2. The normalized spacial score (nSPS) is 20.4. The molecule has 7 rings (SSSR count). The summed E-state index contributed by atoms with van der Waals surface area (Å²) in [6.45, 7) is 8.00. The first kappa shape index (κ1) is 41.7. The molecule has 0 bridgehead atoms. The van der Waals surface area contributed by atoms with Gasteiger partial charge in [-0.15, -0.1) is 0 Å². The highest BCUT2D eigenvalue weighted by atomic mass is 16.7. The van der Waals surface area contributed by atoms with Crippen LogP contribution in [0.2, 0.25) is 0 Å². The zero-order valence-corrected chi connectivity index (χ0v) is 33.9. The summed E-state index contributed by atoms with van der Waals surface area (Å²) in [6.07, 6.45) is 1.71. The molecule has 5 heterocycles. The highest BCUT2D eigenvalue weighted by Crippen LogP contribution is 2.29. The fraction of sp³-hybridized carbons (Fsp3) is 0.571. The fourth-order valence-electron chi connectivity index (χ4n) is 8.87. The predicted octanol–water partition coefficient (Wildman–Crippen LogP) is 3.96. The molecule has 4 amide bonds. The van der Waals surface area contributed by atoms with Gasteiger partial charge in [-0.1, -0.05) is 24.3 Å². The van der Waals surface area contributed by atoms with Gasteiger partial charge in [0.2, 0.25) is 6.29 Å². The van der Waals surface area contributed by atoms with Crippen molar-refractivity contribution >= 4 is 46.8 Å². The number of urea groups is 1. The number of anilines is 1. The number of nitrogens with zero attached hydrogens (tertiary/aromatic N) is 4. The molecule has 4 aliphatic heterocycles. The second-order valence-corrected chi connectivity index (χ2v) is 15.7. The number of H-pyrrole nitrogens is 1. The molecule has 0 saturated carbocycles. The Morgan fingerprint density at radius 1 is 0.881 bits per heavy atom. The largest absolute Gasteiger partial charge is 0.436 e. The Balaban J connectivity index is 0.977. The first-order valence-electron chi connectivity index (χ1n) is 20.7. The van der Waals surface area contributed by atoms with Crippen molar-refractivity contribution in [3.05, 3.63) is 63.6 Å². The maximum atomic E-state index is 14.3. The number of carbonyl (C=O) groups excluding carboxylic acids is 5. The van der Waals surface area contributed by atoms with E-state index in [0.717, 1.165) is 29.7 Å². The molecule has 2 aromatic carbocycles. The van der Waals surface area contributed by atoms with Crippen molar-refractivity contribution < 1.29 is 47.3 Å². The SMILES string of the molecule is CCOCC(=O)OC(C)OC(=O)[C@@H]1CCCN1C1CCN(C(=O)[C@@H](Cc2cc(C)c3[nH]c(=O)oc3c2)OC(=O)N2CCC(N3CCc4ccccc4NC3=O)CC2)CC1. The third-order valence-electron chi connectivity index (χ3n) is 11.8. The van der Waals surface area contributed by atoms with Crippen LogP contribution in [0.1, 0.15) is 69.1 Å². The van der Waals surface area contributed by atoms with E-state index < -0.39 is 42.2 Å². The van der Waals surface area contributed by atoms with Crippen molar-refractivity contribution in [1.29, 1.82) is 0 Å². The van der Waals surface area contributed by atoms with E-state index in [9.17, 15) is 28.8 Å². The number of para-hydroxylation sites is 1. The molecular formula is C42H54N6O11. The first-order chi connectivity index (χ1) is 28.5. The molecule has 3 fully saturated rings. The third kappa shape index (κ3) is 9.90. The topological polar surface area (TPSA) is 193 Å². The summed E-state index contributed by atoms with van der Waals surface area (Å²) in [6, 6.07) is 10.6. The van der Waals surface area contributed by atoms with Crippen LogP contribution >= 0.6 is 0 Å².